The van der Waals surface area contributed by atoms with Crippen molar-refractivity contribution in [3.8, 4) is 0 Å². The lowest BCUT2D eigenvalue weighted by Crippen LogP contribution is -2.14. The van der Waals surface area contributed by atoms with Crippen LogP contribution in [0.15, 0.2) is 0 Å². The topological polar surface area (TPSA) is 37.3 Å². The van der Waals surface area contributed by atoms with E-state index >= 15 is 0 Å². The minimum atomic E-state index is -0.648. The van der Waals surface area contributed by atoms with E-state index in [1.54, 1.807) is 0 Å². The molecule has 16 heavy (non-hydrogen) atoms. The zero-order valence-electron chi connectivity index (χ0n) is 10.7. The summed E-state index contributed by atoms with van der Waals surface area (Å²) in [6.07, 6.45) is 10.3. The second-order valence-corrected chi connectivity index (χ2v) is 5.66. The molecular weight excluding hydrogens is 200 g/mol. The highest BCUT2D eigenvalue weighted by Gasteiger charge is 2.18. The van der Waals surface area contributed by atoms with Gasteiger partial charge in [-0.25, -0.2) is 0 Å². The van der Waals surface area contributed by atoms with Gasteiger partial charge in [0, 0.05) is 0 Å². The lowest BCUT2D eigenvalue weighted by atomic mass is 9.81. The lowest BCUT2D eigenvalue weighted by Gasteiger charge is -2.24. The van der Waals surface area contributed by atoms with E-state index in [1.165, 1.54) is 38.5 Å². The number of rotatable bonds is 6. The summed E-state index contributed by atoms with van der Waals surface area (Å²) in [6, 6.07) is 0. The Hall–Kier alpha value is -0.530. The average molecular weight is 226 g/mol. The first kappa shape index (κ1) is 13.5. The van der Waals surface area contributed by atoms with Crippen LogP contribution in [0.3, 0.4) is 0 Å². The molecule has 94 valence electrons. The first-order valence-corrected chi connectivity index (χ1v) is 6.82. The summed E-state index contributed by atoms with van der Waals surface area (Å²) in [6.45, 7) is 4.10. The van der Waals surface area contributed by atoms with Gasteiger partial charge in [-0.2, -0.15) is 0 Å². The monoisotopic (exact) mass is 226 g/mol. The van der Waals surface area contributed by atoms with E-state index in [4.69, 9.17) is 5.11 Å². The maximum atomic E-state index is 10.7. The molecule has 0 saturated heterocycles. The van der Waals surface area contributed by atoms with Crippen LogP contribution in [-0.4, -0.2) is 11.1 Å². The molecule has 2 atom stereocenters. The van der Waals surface area contributed by atoms with Gasteiger partial charge in [-0.3, -0.25) is 4.79 Å². The fourth-order valence-electron chi connectivity index (χ4n) is 2.77. The van der Waals surface area contributed by atoms with Crippen molar-refractivity contribution < 1.29 is 9.90 Å². The predicted molar refractivity (Wildman–Crippen MR) is 66.4 cm³/mol. The molecule has 0 bridgehead atoms. The van der Waals surface area contributed by atoms with Crippen molar-refractivity contribution in [2.24, 2.45) is 17.8 Å². The van der Waals surface area contributed by atoms with E-state index in [-0.39, 0.29) is 5.92 Å². The summed E-state index contributed by atoms with van der Waals surface area (Å²) in [7, 11) is 0. The smallest absolute Gasteiger partial charge is 0.306 e. The minimum Gasteiger partial charge on any atom is -0.481 e. The van der Waals surface area contributed by atoms with Crippen molar-refractivity contribution in [1.82, 2.24) is 0 Å². The summed E-state index contributed by atoms with van der Waals surface area (Å²) in [5.74, 6) is 0.799. The molecule has 2 unspecified atom stereocenters. The third-order valence-electron chi connectivity index (χ3n) is 3.97. The molecule has 2 nitrogen and oxygen atoms in total. The number of aliphatic carboxylic acids is 1. The van der Waals surface area contributed by atoms with E-state index in [0.29, 0.717) is 5.92 Å². The molecular formula is C14H26O2. The van der Waals surface area contributed by atoms with Gasteiger partial charge in [0.15, 0.2) is 0 Å². The first-order valence-electron chi connectivity index (χ1n) is 6.82. The van der Waals surface area contributed by atoms with Crippen molar-refractivity contribution in [3.63, 3.8) is 0 Å². The van der Waals surface area contributed by atoms with Gasteiger partial charge in [-0.1, -0.05) is 46.0 Å². The van der Waals surface area contributed by atoms with E-state index in [9.17, 15) is 4.79 Å². The molecule has 0 amide bonds. The molecule has 0 aromatic carbocycles. The zero-order valence-corrected chi connectivity index (χ0v) is 10.7. The van der Waals surface area contributed by atoms with Gasteiger partial charge in [0.05, 0.1) is 5.92 Å². The SMILES string of the molecule is CC(CCC(C)C(=O)O)CC1CCCCC1. The minimum absolute atomic E-state index is 0.172. The van der Waals surface area contributed by atoms with Crippen LogP contribution in [0.1, 0.15) is 65.2 Å². The van der Waals surface area contributed by atoms with Gasteiger partial charge in [0.1, 0.15) is 0 Å². The molecule has 2 heteroatoms. The van der Waals surface area contributed by atoms with Crippen LogP contribution in [0.25, 0.3) is 0 Å². The first-order chi connectivity index (χ1) is 7.59. The Morgan fingerprint density at radius 3 is 2.38 bits per heavy atom. The van der Waals surface area contributed by atoms with Crippen molar-refractivity contribution in [2.75, 3.05) is 0 Å². The van der Waals surface area contributed by atoms with Crippen LogP contribution in [0.5, 0.6) is 0 Å². The fourth-order valence-corrected chi connectivity index (χ4v) is 2.77. The Balaban J connectivity index is 2.14. The van der Waals surface area contributed by atoms with E-state index in [0.717, 1.165) is 18.8 Å². The second kappa shape index (κ2) is 6.93. The average Bonchev–Trinajstić information content (AvgIpc) is 2.27. The molecule has 0 spiro atoms. The molecule has 0 aromatic rings. The second-order valence-electron chi connectivity index (χ2n) is 5.66. The normalized spacial score (nSPS) is 21.6. The summed E-state index contributed by atoms with van der Waals surface area (Å²) >= 11 is 0. The molecule has 1 saturated carbocycles. The summed E-state index contributed by atoms with van der Waals surface area (Å²) in [5, 5.41) is 8.82. The number of hydrogen-bond acceptors (Lipinski definition) is 1. The van der Waals surface area contributed by atoms with Crippen molar-refractivity contribution in [1.29, 1.82) is 0 Å². The predicted octanol–water partition coefficient (Wildman–Crippen LogP) is 4.09. The van der Waals surface area contributed by atoms with Crippen LogP contribution in [0.2, 0.25) is 0 Å². The van der Waals surface area contributed by atoms with Gasteiger partial charge in [0.2, 0.25) is 0 Å². The molecule has 0 aliphatic heterocycles. The molecule has 1 fully saturated rings. The third-order valence-corrected chi connectivity index (χ3v) is 3.97. The molecule has 1 aliphatic carbocycles. The van der Waals surface area contributed by atoms with Crippen LogP contribution in [0.4, 0.5) is 0 Å². The van der Waals surface area contributed by atoms with Gasteiger partial charge in [0.25, 0.3) is 0 Å². The maximum absolute atomic E-state index is 10.7. The van der Waals surface area contributed by atoms with Crippen LogP contribution in [0, 0.1) is 17.8 Å². The molecule has 0 radical (unpaired) electrons. The Morgan fingerprint density at radius 2 is 1.81 bits per heavy atom. The highest BCUT2D eigenvalue weighted by Crippen LogP contribution is 2.30. The number of hydrogen-bond donors (Lipinski definition) is 1. The van der Waals surface area contributed by atoms with E-state index < -0.39 is 5.97 Å². The van der Waals surface area contributed by atoms with Crippen molar-refractivity contribution >= 4 is 5.97 Å². The number of carboxylic acids is 1. The fraction of sp³-hybridized carbons (Fsp3) is 0.929. The van der Waals surface area contributed by atoms with Crippen LogP contribution < -0.4 is 0 Å². The molecule has 1 aliphatic rings. The van der Waals surface area contributed by atoms with Gasteiger partial charge >= 0.3 is 5.97 Å². The van der Waals surface area contributed by atoms with Crippen molar-refractivity contribution in [2.45, 2.75) is 65.2 Å². The van der Waals surface area contributed by atoms with Crippen molar-refractivity contribution in [3.05, 3.63) is 0 Å². The summed E-state index contributed by atoms with van der Waals surface area (Å²) in [4.78, 5) is 10.7. The van der Waals surface area contributed by atoms with Crippen LogP contribution in [-0.2, 0) is 4.79 Å². The summed E-state index contributed by atoms with van der Waals surface area (Å²) < 4.78 is 0. The Kier molecular flexibility index (Phi) is 5.86. The number of carboxylic acid groups (broad SMARTS) is 1. The quantitative estimate of drug-likeness (QED) is 0.740. The third kappa shape index (κ3) is 5.00. The molecule has 1 N–H and O–H groups in total. The standard InChI is InChI=1S/C14H26O2/c1-11(8-9-12(2)14(15)16)10-13-6-4-3-5-7-13/h11-13H,3-10H2,1-2H3,(H,15,16). The van der Waals surface area contributed by atoms with Gasteiger partial charge < -0.3 is 5.11 Å². The largest absolute Gasteiger partial charge is 0.481 e. The molecule has 1 rings (SSSR count). The Labute approximate surface area is 99.4 Å². The Bertz CT molecular complexity index is 207. The highest BCUT2D eigenvalue weighted by molar-refractivity contribution is 5.69. The summed E-state index contributed by atoms with van der Waals surface area (Å²) in [5.41, 5.74) is 0. The molecule has 0 heterocycles. The van der Waals surface area contributed by atoms with E-state index in [1.807, 2.05) is 6.92 Å². The van der Waals surface area contributed by atoms with Crippen LogP contribution >= 0.6 is 0 Å². The van der Waals surface area contributed by atoms with Gasteiger partial charge in [-0.15, -0.1) is 0 Å². The van der Waals surface area contributed by atoms with Gasteiger partial charge in [-0.05, 0) is 31.1 Å². The lowest BCUT2D eigenvalue weighted by molar-refractivity contribution is -0.141. The number of carbonyl (C=O) groups is 1. The van der Waals surface area contributed by atoms with E-state index in [2.05, 4.69) is 6.92 Å². The highest BCUT2D eigenvalue weighted by atomic mass is 16.4. The zero-order chi connectivity index (χ0) is 12.0. The molecule has 0 aromatic heterocycles. The maximum Gasteiger partial charge on any atom is 0.306 e. The Morgan fingerprint density at radius 1 is 1.19 bits per heavy atom.